The Morgan fingerprint density at radius 3 is 2.62 bits per heavy atom. The quantitative estimate of drug-likeness (QED) is 0.791. The number of fused-ring (bicyclic) bond motifs is 3. The molecule has 2 aromatic carbocycles. The topological polar surface area (TPSA) is 20.3 Å². The molecule has 0 radical (unpaired) electrons. The lowest BCUT2D eigenvalue weighted by molar-refractivity contribution is 0.0753. The third-order valence-corrected chi connectivity index (χ3v) is 5.11. The summed E-state index contributed by atoms with van der Waals surface area (Å²) in [6.45, 7) is 2.19. The molecule has 0 bridgehead atoms. The first-order chi connectivity index (χ1) is 10.3. The summed E-state index contributed by atoms with van der Waals surface area (Å²) in [5, 5.41) is 2.51. The zero-order chi connectivity index (χ0) is 14.2. The first kappa shape index (κ1) is 13.0. The van der Waals surface area contributed by atoms with Crippen molar-refractivity contribution < 1.29 is 4.79 Å². The van der Waals surface area contributed by atoms with Crippen LogP contribution in [0, 0.1) is 0 Å². The van der Waals surface area contributed by atoms with Crippen LogP contribution in [0.3, 0.4) is 0 Å². The third-order valence-electron chi connectivity index (χ3n) is 5.11. The van der Waals surface area contributed by atoms with Crippen LogP contribution in [0.4, 0.5) is 0 Å². The molecule has 0 aromatic heterocycles. The third kappa shape index (κ3) is 2.18. The van der Waals surface area contributed by atoms with Gasteiger partial charge in [0.1, 0.15) is 0 Å². The molecule has 0 saturated carbocycles. The van der Waals surface area contributed by atoms with Gasteiger partial charge in [-0.25, -0.2) is 0 Å². The van der Waals surface area contributed by atoms with Crippen LogP contribution in [0.1, 0.15) is 41.6 Å². The standard InChI is InChI=1S/C19H21NO/c21-19-17-9-8-14-6-2-3-7-15(14)16(17)10-11-18(19)20-12-4-1-5-13-20/h2-3,6-9,18H,1,4-5,10-13H2/t18-/m1/s1. The number of hydrogen-bond acceptors (Lipinski definition) is 2. The van der Waals surface area contributed by atoms with Crippen LogP contribution < -0.4 is 0 Å². The number of nitrogens with zero attached hydrogens (tertiary/aromatic N) is 1. The first-order valence-electron chi connectivity index (χ1n) is 8.13. The zero-order valence-corrected chi connectivity index (χ0v) is 12.3. The van der Waals surface area contributed by atoms with Crippen LogP contribution in [0.2, 0.25) is 0 Å². The number of piperidine rings is 1. The summed E-state index contributed by atoms with van der Waals surface area (Å²) >= 11 is 0. The molecule has 1 aliphatic carbocycles. The largest absolute Gasteiger partial charge is 0.293 e. The summed E-state index contributed by atoms with van der Waals surface area (Å²) in [5.74, 6) is 0.351. The van der Waals surface area contributed by atoms with Gasteiger partial charge in [-0.05, 0) is 55.1 Å². The van der Waals surface area contributed by atoms with Crippen molar-refractivity contribution in [3.05, 3.63) is 47.5 Å². The molecule has 0 amide bonds. The number of hydrogen-bond donors (Lipinski definition) is 0. The Morgan fingerprint density at radius 1 is 0.952 bits per heavy atom. The minimum Gasteiger partial charge on any atom is -0.293 e. The summed E-state index contributed by atoms with van der Waals surface area (Å²) < 4.78 is 0. The molecule has 0 unspecified atom stereocenters. The van der Waals surface area contributed by atoms with Gasteiger partial charge in [-0.2, -0.15) is 0 Å². The lowest BCUT2D eigenvalue weighted by Crippen LogP contribution is -2.46. The molecule has 1 heterocycles. The molecule has 1 saturated heterocycles. The zero-order valence-electron chi connectivity index (χ0n) is 12.3. The highest BCUT2D eigenvalue weighted by atomic mass is 16.1. The van der Waals surface area contributed by atoms with Crippen LogP contribution in [0.15, 0.2) is 36.4 Å². The van der Waals surface area contributed by atoms with Crippen molar-refractivity contribution in [1.29, 1.82) is 0 Å². The van der Waals surface area contributed by atoms with Gasteiger partial charge >= 0.3 is 0 Å². The predicted molar refractivity (Wildman–Crippen MR) is 85.8 cm³/mol. The SMILES string of the molecule is O=C1c2ccc3ccccc3c2CC[C@H]1N1CCCCC1. The van der Waals surface area contributed by atoms with Gasteiger partial charge in [-0.1, -0.05) is 42.8 Å². The van der Waals surface area contributed by atoms with Crippen molar-refractivity contribution in [3.8, 4) is 0 Å². The Morgan fingerprint density at radius 2 is 1.76 bits per heavy atom. The van der Waals surface area contributed by atoms with Crippen LogP contribution in [0.25, 0.3) is 10.8 Å². The van der Waals surface area contributed by atoms with Gasteiger partial charge in [0.15, 0.2) is 5.78 Å². The second kappa shape index (κ2) is 5.27. The molecule has 2 heteroatoms. The number of aryl methyl sites for hydroxylation is 1. The monoisotopic (exact) mass is 279 g/mol. The fraction of sp³-hybridized carbons (Fsp3) is 0.421. The van der Waals surface area contributed by atoms with E-state index in [0.717, 1.165) is 31.5 Å². The minimum absolute atomic E-state index is 0.124. The average Bonchev–Trinajstić information content (AvgIpc) is 2.56. The molecule has 2 aliphatic rings. The molecule has 1 atom stereocenters. The Kier molecular flexibility index (Phi) is 3.27. The van der Waals surface area contributed by atoms with E-state index < -0.39 is 0 Å². The summed E-state index contributed by atoms with van der Waals surface area (Å²) in [6, 6.07) is 12.7. The molecule has 0 N–H and O–H groups in total. The lowest BCUT2D eigenvalue weighted by Gasteiger charge is -2.36. The molecule has 4 rings (SSSR count). The summed E-state index contributed by atoms with van der Waals surface area (Å²) in [5.41, 5.74) is 2.24. The summed E-state index contributed by atoms with van der Waals surface area (Å²) in [6.07, 6.45) is 5.82. The van der Waals surface area contributed by atoms with Crippen molar-refractivity contribution in [1.82, 2.24) is 4.90 Å². The maximum Gasteiger partial charge on any atom is 0.180 e. The Balaban J connectivity index is 1.72. The lowest BCUT2D eigenvalue weighted by atomic mass is 9.83. The average molecular weight is 279 g/mol. The van der Waals surface area contributed by atoms with Gasteiger partial charge in [0.05, 0.1) is 6.04 Å². The van der Waals surface area contributed by atoms with Gasteiger partial charge in [-0.15, -0.1) is 0 Å². The van der Waals surface area contributed by atoms with Crippen molar-refractivity contribution in [2.45, 2.75) is 38.1 Å². The summed E-state index contributed by atoms with van der Waals surface area (Å²) in [4.78, 5) is 15.3. The molecule has 0 spiro atoms. The normalized spacial score (nSPS) is 23.2. The maximum absolute atomic E-state index is 12.9. The Hall–Kier alpha value is -1.67. The van der Waals surface area contributed by atoms with Gasteiger partial charge in [0, 0.05) is 5.56 Å². The maximum atomic E-state index is 12.9. The van der Waals surface area contributed by atoms with E-state index in [2.05, 4.69) is 41.3 Å². The molecule has 21 heavy (non-hydrogen) atoms. The van der Waals surface area contributed by atoms with Crippen LogP contribution >= 0.6 is 0 Å². The number of likely N-dealkylation sites (tertiary alicyclic amines) is 1. The van der Waals surface area contributed by atoms with E-state index in [1.807, 2.05) is 0 Å². The number of ketones is 1. The number of carbonyl (C=O) groups is 1. The number of carbonyl (C=O) groups excluding carboxylic acids is 1. The Labute approximate surface area is 125 Å². The molecular formula is C19H21NO. The smallest absolute Gasteiger partial charge is 0.180 e. The highest BCUT2D eigenvalue weighted by Gasteiger charge is 2.33. The van der Waals surface area contributed by atoms with Crippen LogP contribution in [-0.2, 0) is 6.42 Å². The molecule has 2 aromatic rings. The fourth-order valence-corrected chi connectivity index (χ4v) is 4.01. The molecule has 1 aliphatic heterocycles. The van der Waals surface area contributed by atoms with Crippen molar-refractivity contribution >= 4 is 16.6 Å². The number of Topliss-reactive ketones (excluding diaryl/α,β-unsaturated/α-hetero) is 1. The van der Waals surface area contributed by atoms with Crippen LogP contribution in [-0.4, -0.2) is 29.8 Å². The number of rotatable bonds is 1. The highest BCUT2D eigenvalue weighted by molar-refractivity contribution is 6.06. The second-order valence-corrected chi connectivity index (χ2v) is 6.33. The highest BCUT2D eigenvalue weighted by Crippen LogP contribution is 2.31. The van der Waals surface area contributed by atoms with Crippen molar-refractivity contribution in [3.63, 3.8) is 0 Å². The molecule has 108 valence electrons. The van der Waals surface area contributed by atoms with E-state index in [1.54, 1.807) is 0 Å². The van der Waals surface area contributed by atoms with Gasteiger partial charge in [-0.3, -0.25) is 9.69 Å². The van der Waals surface area contributed by atoms with E-state index in [4.69, 9.17) is 0 Å². The van der Waals surface area contributed by atoms with Crippen molar-refractivity contribution in [2.75, 3.05) is 13.1 Å². The first-order valence-corrected chi connectivity index (χ1v) is 8.13. The Bertz CT molecular complexity index is 685. The van der Waals surface area contributed by atoms with E-state index >= 15 is 0 Å². The number of benzene rings is 2. The van der Waals surface area contributed by atoms with E-state index in [9.17, 15) is 4.79 Å². The molecular weight excluding hydrogens is 258 g/mol. The van der Waals surface area contributed by atoms with Gasteiger partial charge < -0.3 is 0 Å². The van der Waals surface area contributed by atoms with Gasteiger partial charge in [0.2, 0.25) is 0 Å². The van der Waals surface area contributed by atoms with Crippen LogP contribution in [0.5, 0.6) is 0 Å². The molecule has 1 fully saturated rings. The predicted octanol–water partition coefficient (Wildman–Crippen LogP) is 3.82. The second-order valence-electron chi connectivity index (χ2n) is 6.33. The summed E-state index contributed by atoms with van der Waals surface area (Å²) in [7, 11) is 0. The fourth-order valence-electron chi connectivity index (χ4n) is 4.01. The van der Waals surface area contributed by atoms with E-state index in [-0.39, 0.29) is 6.04 Å². The van der Waals surface area contributed by atoms with E-state index in [0.29, 0.717) is 5.78 Å². The minimum atomic E-state index is 0.124. The van der Waals surface area contributed by atoms with E-state index in [1.165, 1.54) is 35.6 Å². The van der Waals surface area contributed by atoms with Crippen molar-refractivity contribution in [2.24, 2.45) is 0 Å². The van der Waals surface area contributed by atoms with Gasteiger partial charge in [0.25, 0.3) is 0 Å². The molecule has 2 nitrogen and oxygen atoms in total.